The van der Waals surface area contributed by atoms with Crippen molar-refractivity contribution >= 4 is 40.7 Å². The SMILES string of the molecule is CCCOc1ccc(C2=CSC3=NCCN23)cc1[N+](=O)[O-].Cl. The third-order valence-corrected chi connectivity index (χ3v) is 4.18. The molecule has 0 amide bonds. The molecule has 0 N–H and O–H groups in total. The largest absolute Gasteiger partial charge is 0.487 e. The third kappa shape index (κ3) is 3.05. The first kappa shape index (κ1) is 16.6. The zero-order valence-corrected chi connectivity index (χ0v) is 13.7. The highest BCUT2D eigenvalue weighted by Crippen LogP contribution is 2.38. The average molecular weight is 342 g/mol. The van der Waals surface area contributed by atoms with Crippen LogP contribution in [0.25, 0.3) is 5.70 Å². The summed E-state index contributed by atoms with van der Waals surface area (Å²) in [5, 5.41) is 14.2. The summed E-state index contributed by atoms with van der Waals surface area (Å²) in [7, 11) is 0. The van der Waals surface area contributed by atoms with Gasteiger partial charge in [0.2, 0.25) is 0 Å². The Hall–Kier alpha value is -1.73. The molecule has 0 aromatic heterocycles. The number of hydrogen-bond donors (Lipinski definition) is 0. The highest BCUT2D eigenvalue weighted by Gasteiger charge is 2.28. The van der Waals surface area contributed by atoms with Crippen LogP contribution < -0.4 is 4.74 Å². The van der Waals surface area contributed by atoms with Gasteiger partial charge in [-0.05, 0) is 18.6 Å². The number of benzene rings is 1. The van der Waals surface area contributed by atoms with Crippen molar-refractivity contribution in [2.45, 2.75) is 13.3 Å². The van der Waals surface area contributed by atoms with Gasteiger partial charge in [-0.1, -0.05) is 18.7 Å². The molecule has 0 aliphatic carbocycles. The number of hydrogen-bond acceptors (Lipinski definition) is 6. The fourth-order valence-corrected chi connectivity index (χ4v) is 3.26. The zero-order valence-electron chi connectivity index (χ0n) is 12.0. The number of amidine groups is 1. The Kier molecular flexibility index (Phi) is 5.31. The lowest BCUT2D eigenvalue weighted by molar-refractivity contribution is -0.385. The van der Waals surface area contributed by atoms with Crippen molar-refractivity contribution in [1.29, 1.82) is 0 Å². The molecule has 118 valence electrons. The second kappa shape index (κ2) is 7.02. The molecule has 6 nitrogen and oxygen atoms in total. The van der Waals surface area contributed by atoms with E-state index in [9.17, 15) is 10.1 Å². The van der Waals surface area contributed by atoms with E-state index in [1.807, 2.05) is 18.4 Å². The molecule has 0 radical (unpaired) electrons. The molecule has 0 unspecified atom stereocenters. The average Bonchev–Trinajstić information content (AvgIpc) is 3.07. The predicted octanol–water partition coefficient (Wildman–Crippen LogP) is 3.52. The maximum atomic E-state index is 11.2. The van der Waals surface area contributed by atoms with E-state index in [0.29, 0.717) is 12.4 Å². The Morgan fingerprint density at radius 1 is 1.50 bits per heavy atom. The Morgan fingerprint density at radius 3 is 3.05 bits per heavy atom. The Labute approximate surface area is 138 Å². The number of aliphatic imine (C=N–C) groups is 1. The normalized spacial score (nSPS) is 15.8. The zero-order chi connectivity index (χ0) is 14.8. The Balaban J connectivity index is 0.00000176. The number of nitrogens with zero attached hydrogens (tertiary/aromatic N) is 3. The molecule has 1 aromatic rings. The van der Waals surface area contributed by atoms with Crippen LogP contribution in [-0.2, 0) is 0 Å². The Bertz CT molecular complexity index is 648. The molecule has 22 heavy (non-hydrogen) atoms. The van der Waals surface area contributed by atoms with Gasteiger partial charge in [0.15, 0.2) is 10.9 Å². The van der Waals surface area contributed by atoms with Crippen LogP contribution in [0, 0.1) is 10.1 Å². The van der Waals surface area contributed by atoms with Crippen LogP contribution in [0.4, 0.5) is 5.69 Å². The lowest BCUT2D eigenvalue weighted by Gasteiger charge is -2.17. The molecular formula is C14H16ClN3O3S. The van der Waals surface area contributed by atoms with Crippen molar-refractivity contribution < 1.29 is 9.66 Å². The summed E-state index contributed by atoms with van der Waals surface area (Å²) in [5.41, 5.74) is 1.81. The first-order valence-corrected chi connectivity index (χ1v) is 7.69. The van der Waals surface area contributed by atoms with Crippen LogP contribution in [0.15, 0.2) is 28.6 Å². The van der Waals surface area contributed by atoms with Gasteiger partial charge in [-0.25, -0.2) is 0 Å². The molecule has 0 spiro atoms. The topological polar surface area (TPSA) is 68.0 Å². The minimum atomic E-state index is -0.393. The van der Waals surface area contributed by atoms with E-state index in [-0.39, 0.29) is 18.1 Å². The fraction of sp³-hybridized carbons (Fsp3) is 0.357. The van der Waals surface area contributed by atoms with Crippen molar-refractivity contribution in [2.75, 3.05) is 19.7 Å². The smallest absolute Gasteiger partial charge is 0.311 e. The minimum Gasteiger partial charge on any atom is -0.487 e. The monoisotopic (exact) mass is 341 g/mol. The second-order valence-electron chi connectivity index (χ2n) is 4.72. The van der Waals surface area contributed by atoms with Crippen LogP contribution in [0.5, 0.6) is 5.75 Å². The Morgan fingerprint density at radius 2 is 2.32 bits per heavy atom. The maximum Gasteiger partial charge on any atom is 0.311 e. The highest BCUT2D eigenvalue weighted by atomic mass is 35.5. The number of halogens is 1. The molecular weight excluding hydrogens is 326 g/mol. The standard InChI is InChI=1S/C14H15N3O3S.ClH/c1-2-7-20-13-4-3-10(8-11(13)17(18)19)12-9-21-14-15-5-6-16(12)14;/h3-4,8-9H,2,5-7H2,1H3;1H. The van der Waals surface area contributed by atoms with Crippen LogP contribution in [0.2, 0.25) is 0 Å². The molecule has 0 saturated carbocycles. The summed E-state index contributed by atoms with van der Waals surface area (Å²) >= 11 is 1.56. The van der Waals surface area contributed by atoms with Gasteiger partial charge < -0.3 is 9.64 Å². The first-order valence-electron chi connectivity index (χ1n) is 6.81. The predicted molar refractivity (Wildman–Crippen MR) is 90.7 cm³/mol. The van der Waals surface area contributed by atoms with Crippen molar-refractivity contribution in [2.24, 2.45) is 4.99 Å². The van der Waals surface area contributed by atoms with Crippen LogP contribution in [0.3, 0.4) is 0 Å². The molecule has 3 rings (SSSR count). The van der Waals surface area contributed by atoms with Crippen molar-refractivity contribution in [3.8, 4) is 5.75 Å². The van der Waals surface area contributed by atoms with Crippen molar-refractivity contribution in [3.63, 3.8) is 0 Å². The number of ether oxygens (including phenoxy) is 1. The fourth-order valence-electron chi connectivity index (χ4n) is 2.30. The number of fused-ring (bicyclic) bond motifs is 1. The quantitative estimate of drug-likeness (QED) is 0.605. The molecule has 2 heterocycles. The molecule has 0 atom stereocenters. The van der Waals surface area contributed by atoms with E-state index in [2.05, 4.69) is 9.89 Å². The number of nitro groups is 1. The lowest BCUT2D eigenvalue weighted by Crippen LogP contribution is -2.19. The summed E-state index contributed by atoms with van der Waals surface area (Å²) in [5.74, 6) is 0.326. The van der Waals surface area contributed by atoms with E-state index in [1.165, 1.54) is 0 Å². The van der Waals surface area contributed by atoms with Gasteiger partial charge in [0.05, 0.1) is 23.8 Å². The molecule has 8 heteroatoms. The van der Waals surface area contributed by atoms with Crippen LogP contribution in [0.1, 0.15) is 18.9 Å². The van der Waals surface area contributed by atoms with Gasteiger partial charge >= 0.3 is 5.69 Å². The van der Waals surface area contributed by atoms with Gasteiger partial charge in [-0.15, -0.1) is 12.4 Å². The van der Waals surface area contributed by atoms with Gasteiger partial charge in [0.25, 0.3) is 0 Å². The van der Waals surface area contributed by atoms with E-state index in [0.717, 1.165) is 35.9 Å². The summed E-state index contributed by atoms with van der Waals surface area (Å²) in [6.07, 6.45) is 0.814. The van der Waals surface area contributed by atoms with Crippen molar-refractivity contribution in [1.82, 2.24) is 4.90 Å². The van der Waals surface area contributed by atoms with Gasteiger partial charge in [0.1, 0.15) is 0 Å². The van der Waals surface area contributed by atoms with Crippen molar-refractivity contribution in [3.05, 3.63) is 39.3 Å². The molecule has 0 bridgehead atoms. The molecule has 0 fully saturated rings. The van der Waals surface area contributed by atoms with Crippen LogP contribution in [-0.4, -0.2) is 34.7 Å². The van der Waals surface area contributed by atoms with E-state index in [4.69, 9.17) is 4.74 Å². The second-order valence-corrected chi connectivity index (χ2v) is 5.56. The first-order chi connectivity index (χ1) is 10.2. The molecule has 2 aliphatic rings. The van der Waals surface area contributed by atoms with E-state index < -0.39 is 4.92 Å². The highest BCUT2D eigenvalue weighted by molar-refractivity contribution is 8.16. The van der Waals surface area contributed by atoms with Crippen LogP contribution >= 0.6 is 24.2 Å². The summed E-state index contributed by atoms with van der Waals surface area (Å²) in [6.45, 7) is 4.05. The molecule has 2 aliphatic heterocycles. The third-order valence-electron chi connectivity index (χ3n) is 3.28. The lowest BCUT2D eigenvalue weighted by atomic mass is 10.1. The number of rotatable bonds is 5. The molecule has 1 aromatic carbocycles. The van der Waals surface area contributed by atoms with Gasteiger partial charge in [-0.2, -0.15) is 0 Å². The summed E-state index contributed by atoms with van der Waals surface area (Å²) < 4.78 is 5.45. The van der Waals surface area contributed by atoms with E-state index >= 15 is 0 Å². The molecule has 0 saturated heterocycles. The number of nitro benzene ring substituents is 1. The summed E-state index contributed by atoms with van der Waals surface area (Å²) in [4.78, 5) is 17.3. The van der Waals surface area contributed by atoms with E-state index in [1.54, 1.807) is 23.9 Å². The van der Waals surface area contributed by atoms with Gasteiger partial charge in [0, 0.05) is 23.6 Å². The van der Waals surface area contributed by atoms with Gasteiger partial charge in [-0.3, -0.25) is 15.1 Å². The maximum absolute atomic E-state index is 11.2. The minimum absolute atomic E-state index is 0. The number of thioether (sulfide) groups is 1. The summed E-state index contributed by atoms with van der Waals surface area (Å²) in [6, 6.07) is 5.13.